The number of ether oxygens (including phenoxy) is 2. The van der Waals surface area contributed by atoms with Crippen molar-refractivity contribution in [1.82, 2.24) is 15.0 Å². The summed E-state index contributed by atoms with van der Waals surface area (Å²) < 4.78 is 10.7. The summed E-state index contributed by atoms with van der Waals surface area (Å²) in [5.74, 6) is 5.87. The highest BCUT2D eigenvalue weighted by Gasteiger charge is 2.08. The fraction of sp³-hybridized carbons (Fsp3) is 0.700. The smallest absolute Gasteiger partial charge is 0.324 e. The number of anilines is 1. The number of aromatic nitrogens is 3. The molecule has 0 aliphatic rings. The Morgan fingerprint density at radius 3 is 2.35 bits per heavy atom. The van der Waals surface area contributed by atoms with Gasteiger partial charge in [-0.3, -0.25) is 5.43 Å². The highest BCUT2D eigenvalue weighted by Crippen LogP contribution is 2.13. The maximum atomic E-state index is 5.39. The zero-order valence-corrected chi connectivity index (χ0v) is 10.4. The van der Waals surface area contributed by atoms with Crippen LogP contribution in [0.25, 0.3) is 0 Å². The normalized spacial score (nSPS) is 10.4. The zero-order valence-electron chi connectivity index (χ0n) is 10.4. The van der Waals surface area contributed by atoms with E-state index in [2.05, 4.69) is 20.4 Å². The summed E-state index contributed by atoms with van der Waals surface area (Å²) in [6.07, 6.45) is 0.874. The summed E-state index contributed by atoms with van der Waals surface area (Å²) in [6, 6.07) is 0.432. The second-order valence-electron chi connectivity index (χ2n) is 3.92. The van der Waals surface area contributed by atoms with Crippen LogP contribution in [0.4, 0.5) is 5.95 Å². The molecule has 96 valence electrons. The van der Waals surface area contributed by atoms with Crippen LogP contribution in [0.5, 0.6) is 12.0 Å². The predicted octanol–water partition coefficient (Wildman–Crippen LogP) is 0.981. The fourth-order valence-corrected chi connectivity index (χ4v) is 0.966. The van der Waals surface area contributed by atoms with Gasteiger partial charge in [-0.15, -0.1) is 4.98 Å². The van der Waals surface area contributed by atoms with Crippen LogP contribution in [0.15, 0.2) is 0 Å². The Morgan fingerprint density at radius 1 is 1.18 bits per heavy atom. The first kappa shape index (κ1) is 13.4. The number of hydrazine groups is 1. The minimum atomic E-state index is 0.216. The molecule has 1 rings (SSSR count). The maximum absolute atomic E-state index is 5.39. The zero-order chi connectivity index (χ0) is 12.7. The summed E-state index contributed by atoms with van der Waals surface area (Å²) in [6.45, 7) is 7.15. The van der Waals surface area contributed by atoms with E-state index in [1.165, 1.54) is 0 Å². The summed E-state index contributed by atoms with van der Waals surface area (Å²) in [5.41, 5.74) is 2.35. The van der Waals surface area contributed by atoms with E-state index < -0.39 is 0 Å². The van der Waals surface area contributed by atoms with Crippen molar-refractivity contribution in [2.75, 3.05) is 18.6 Å². The first-order chi connectivity index (χ1) is 8.15. The number of rotatable bonds is 7. The monoisotopic (exact) mass is 241 g/mol. The lowest BCUT2D eigenvalue weighted by molar-refractivity contribution is 0.237. The Bertz CT molecular complexity index is 345. The molecule has 1 heterocycles. The van der Waals surface area contributed by atoms with E-state index in [0.717, 1.165) is 6.42 Å². The van der Waals surface area contributed by atoms with E-state index in [1.807, 2.05) is 20.8 Å². The number of nitrogen functional groups attached to an aromatic ring is 1. The van der Waals surface area contributed by atoms with Crippen LogP contribution in [0.1, 0.15) is 27.2 Å². The molecule has 0 saturated carbocycles. The van der Waals surface area contributed by atoms with Crippen LogP contribution < -0.4 is 20.7 Å². The Kier molecular flexibility index (Phi) is 5.41. The van der Waals surface area contributed by atoms with Gasteiger partial charge < -0.3 is 9.47 Å². The van der Waals surface area contributed by atoms with Crippen LogP contribution in [0, 0.1) is 5.92 Å². The lowest BCUT2D eigenvalue weighted by Crippen LogP contribution is -2.14. The van der Waals surface area contributed by atoms with Gasteiger partial charge in [-0.05, 0) is 12.3 Å². The molecule has 0 atom stereocenters. The molecule has 0 aliphatic heterocycles. The number of hydrogen-bond donors (Lipinski definition) is 2. The van der Waals surface area contributed by atoms with Crippen LogP contribution >= 0.6 is 0 Å². The van der Waals surface area contributed by atoms with Gasteiger partial charge in [0.1, 0.15) is 0 Å². The van der Waals surface area contributed by atoms with Gasteiger partial charge in [0.25, 0.3) is 0 Å². The number of nitrogens with two attached hydrogens (primary N) is 1. The molecule has 0 radical (unpaired) electrons. The molecule has 3 N–H and O–H groups in total. The van der Waals surface area contributed by atoms with Crippen molar-refractivity contribution in [2.45, 2.75) is 27.2 Å². The SMILES string of the molecule is CCCOc1nc(NN)nc(OCC(C)C)n1. The van der Waals surface area contributed by atoms with Gasteiger partial charge in [-0.1, -0.05) is 20.8 Å². The van der Waals surface area contributed by atoms with E-state index in [-0.39, 0.29) is 18.0 Å². The molecular formula is C10H19N5O2. The van der Waals surface area contributed by atoms with E-state index in [4.69, 9.17) is 15.3 Å². The Hall–Kier alpha value is -1.63. The van der Waals surface area contributed by atoms with Gasteiger partial charge in [-0.25, -0.2) is 5.84 Å². The van der Waals surface area contributed by atoms with E-state index in [9.17, 15) is 0 Å². The molecule has 0 aliphatic carbocycles. The van der Waals surface area contributed by atoms with Crippen LogP contribution in [-0.4, -0.2) is 28.2 Å². The van der Waals surface area contributed by atoms with Crippen molar-refractivity contribution in [2.24, 2.45) is 11.8 Å². The highest BCUT2D eigenvalue weighted by molar-refractivity contribution is 5.25. The Labute approximate surface area is 101 Å². The number of nitrogens with zero attached hydrogens (tertiary/aromatic N) is 3. The summed E-state index contributed by atoms with van der Waals surface area (Å²) in [4.78, 5) is 12.0. The quantitative estimate of drug-likeness (QED) is 0.542. The van der Waals surface area contributed by atoms with Crippen LogP contribution in [0.2, 0.25) is 0 Å². The van der Waals surface area contributed by atoms with Gasteiger partial charge in [0, 0.05) is 0 Å². The first-order valence-electron chi connectivity index (χ1n) is 5.64. The molecule has 0 amide bonds. The third kappa shape index (κ3) is 4.81. The fourth-order valence-electron chi connectivity index (χ4n) is 0.966. The molecule has 0 unspecified atom stereocenters. The Morgan fingerprint density at radius 2 is 1.82 bits per heavy atom. The highest BCUT2D eigenvalue weighted by atomic mass is 16.5. The van der Waals surface area contributed by atoms with Gasteiger partial charge in [0.05, 0.1) is 13.2 Å². The van der Waals surface area contributed by atoms with E-state index in [1.54, 1.807) is 0 Å². The van der Waals surface area contributed by atoms with Gasteiger partial charge in [0.2, 0.25) is 5.95 Å². The van der Waals surface area contributed by atoms with Crippen molar-refractivity contribution in [3.8, 4) is 12.0 Å². The molecule has 0 spiro atoms. The van der Waals surface area contributed by atoms with Crippen LogP contribution in [-0.2, 0) is 0 Å². The molecule has 0 saturated heterocycles. The minimum absolute atomic E-state index is 0.216. The summed E-state index contributed by atoms with van der Waals surface area (Å²) in [7, 11) is 0. The number of hydrogen-bond acceptors (Lipinski definition) is 7. The third-order valence-corrected chi connectivity index (χ3v) is 1.70. The Balaban J connectivity index is 2.73. The lowest BCUT2D eigenvalue weighted by Gasteiger charge is -2.09. The average Bonchev–Trinajstić information content (AvgIpc) is 2.33. The van der Waals surface area contributed by atoms with E-state index >= 15 is 0 Å². The molecule has 1 aromatic heterocycles. The summed E-state index contributed by atoms with van der Waals surface area (Å²) in [5, 5.41) is 0. The molecule has 1 aromatic rings. The van der Waals surface area contributed by atoms with Crippen molar-refractivity contribution in [1.29, 1.82) is 0 Å². The van der Waals surface area contributed by atoms with Crippen molar-refractivity contribution in [3.63, 3.8) is 0 Å². The summed E-state index contributed by atoms with van der Waals surface area (Å²) >= 11 is 0. The van der Waals surface area contributed by atoms with Crippen LogP contribution in [0.3, 0.4) is 0 Å². The topological polar surface area (TPSA) is 95.2 Å². The van der Waals surface area contributed by atoms with Crippen molar-refractivity contribution in [3.05, 3.63) is 0 Å². The van der Waals surface area contributed by atoms with Gasteiger partial charge in [-0.2, -0.15) is 9.97 Å². The molecular weight excluding hydrogens is 222 g/mol. The van der Waals surface area contributed by atoms with E-state index in [0.29, 0.717) is 19.1 Å². The number of nitrogens with one attached hydrogen (secondary N) is 1. The van der Waals surface area contributed by atoms with Gasteiger partial charge in [0.15, 0.2) is 0 Å². The second kappa shape index (κ2) is 6.85. The van der Waals surface area contributed by atoms with Crippen molar-refractivity contribution >= 4 is 5.95 Å². The van der Waals surface area contributed by atoms with Gasteiger partial charge >= 0.3 is 12.0 Å². The third-order valence-electron chi connectivity index (χ3n) is 1.70. The second-order valence-corrected chi connectivity index (χ2v) is 3.92. The average molecular weight is 241 g/mol. The molecule has 7 nitrogen and oxygen atoms in total. The maximum Gasteiger partial charge on any atom is 0.324 e. The minimum Gasteiger partial charge on any atom is -0.463 e. The molecule has 0 aromatic carbocycles. The molecule has 7 heteroatoms. The molecule has 17 heavy (non-hydrogen) atoms. The molecule has 0 fully saturated rings. The lowest BCUT2D eigenvalue weighted by atomic mass is 10.2. The molecule has 0 bridgehead atoms. The standard InChI is InChI=1S/C10H19N5O2/c1-4-5-16-9-12-8(15-11)13-10(14-9)17-6-7(2)3/h7H,4-6,11H2,1-3H3,(H,12,13,14,15). The predicted molar refractivity (Wildman–Crippen MR) is 63.8 cm³/mol. The first-order valence-corrected chi connectivity index (χ1v) is 5.64. The van der Waals surface area contributed by atoms with Crippen molar-refractivity contribution < 1.29 is 9.47 Å². The largest absolute Gasteiger partial charge is 0.463 e.